The van der Waals surface area contributed by atoms with E-state index in [9.17, 15) is 14.4 Å². The average molecular weight is 553 g/mol. The standard InChI is InChI=1S/C29H52N4O4S/c1-10-23(6)25(32-28(36)37-29(7,8)9)27(35)31-24(26(34)33-30)19-38-18-17-22(5)16-12-15-21(4)14-11-13-20(2)3/h13,15,17,23-25H,10-12,14,16,18-19,30H2,1-9H3,(H,31,35)(H,32,36)(H,33,34)/b21-15+,22-17+/t23-,24-,25?/m0/s1. The van der Waals surface area contributed by atoms with Crippen molar-refractivity contribution in [2.24, 2.45) is 11.8 Å². The largest absolute Gasteiger partial charge is 0.444 e. The fraction of sp³-hybridized carbons (Fsp3) is 0.690. The Morgan fingerprint density at radius 3 is 2.03 bits per heavy atom. The fourth-order valence-corrected chi connectivity index (χ4v) is 4.42. The average Bonchev–Trinajstić information content (AvgIpc) is 2.81. The van der Waals surface area contributed by atoms with Crippen molar-refractivity contribution < 1.29 is 19.1 Å². The molecule has 8 nitrogen and oxygen atoms in total. The highest BCUT2D eigenvalue weighted by Gasteiger charge is 2.31. The molecule has 0 aliphatic heterocycles. The van der Waals surface area contributed by atoms with E-state index in [0.29, 0.717) is 17.9 Å². The maximum Gasteiger partial charge on any atom is 0.408 e. The second kappa shape index (κ2) is 18.9. The van der Waals surface area contributed by atoms with Crippen LogP contribution in [0.25, 0.3) is 0 Å². The van der Waals surface area contributed by atoms with Crippen LogP contribution >= 0.6 is 11.8 Å². The van der Waals surface area contributed by atoms with Gasteiger partial charge in [0.25, 0.3) is 5.91 Å². The van der Waals surface area contributed by atoms with Crippen molar-refractivity contribution in [3.05, 3.63) is 34.9 Å². The summed E-state index contributed by atoms with van der Waals surface area (Å²) in [6.07, 6.45) is 10.9. The highest BCUT2D eigenvalue weighted by Crippen LogP contribution is 2.14. The monoisotopic (exact) mass is 552 g/mol. The van der Waals surface area contributed by atoms with Gasteiger partial charge in [-0.15, -0.1) is 0 Å². The van der Waals surface area contributed by atoms with Crippen LogP contribution in [-0.4, -0.2) is 47.1 Å². The first-order chi connectivity index (χ1) is 17.7. The highest BCUT2D eigenvalue weighted by atomic mass is 32.2. The molecule has 0 aliphatic rings. The van der Waals surface area contributed by atoms with Gasteiger partial charge in [-0.05, 0) is 80.1 Å². The van der Waals surface area contributed by atoms with Crippen molar-refractivity contribution in [3.8, 4) is 0 Å². The molecule has 0 aromatic rings. The summed E-state index contributed by atoms with van der Waals surface area (Å²) in [5.41, 5.74) is 5.49. The molecular weight excluding hydrogens is 500 g/mol. The minimum absolute atomic E-state index is 0.160. The van der Waals surface area contributed by atoms with Crippen LogP contribution < -0.4 is 21.9 Å². The van der Waals surface area contributed by atoms with Crippen molar-refractivity contribution in [1.82, 2.24) is 16.1 Å². The molecule has 3 amide bonds. The molecule has 0 aromatic carbocycles. The molecule has 0 saturated carbocycles. The van der Waals surface area contributed by atoms with Crippen molar-refractivity contribution >= 4 is 29.7 Å². The Labute approximate surface area is 235 Å². The van der Waals surface area contributed by atoms with Crippen LogP contribution in [0.5, 0.6) is 0 Å². The van der Waals surface area contributed by atoms with Crippen LogP contribution in [0, 0.1) is 5.92 Å². The Kier molecular flexibility index (Phi) is 17.8. The maximum atomic E-state index is 13.1. The highest BCUT2D eigenvalue weighted by molar-refractivity contribution is 7.99. The Bertz CT molecular complexity index is 842. The molecular formula is C29H52N4O4S. The molecule has 9 heteroatoms. The molecule has 0 saturated heterocycles. The summed E-state index contributed by atoms with van der Waals surface area (Å²) in [7, 11) is 0. The first-order valence-corrected chi connectivity index (χ1v) is 14.7. The third-order valence-electron chi connectivity index (χ3n) is 5.90. The lowest BCUT2D eigenvalue weighted by Gasteiger charge is -2.27. The van der Waals surface area contributed by atoms with Gasteiger partial charge in [-0.1, -0.05) is 55.2 Å². The van der Waals surface area contributed by atoms with E-state index in [1.807, 2.05) is 13.8 Å². The van der Waals surface area contributed by atoms with Gasteiger partial charge in [0, 0.05) is 11.5 Å². The number of nitrogens with two attached hydrogens (primary N) is 1. The number of rotatable bonds is 16. The number of hydrazine groups is 1. The first kappa shape index (κ1) is 35.7. The van der Waals surface area contributed by atoms with Gasteiger partial charge < -0.3 is 15.4 Å². The summed E-state index contributed by atoms with van der Waals surface area (Å²) in [6.45, 7) is 17.6. The smallest absolute Gasteiger partial charge is 0.408 e. The molecule has 0 bridgehead atoms. The Hall–Kier alpha value is -2.26. The molecule has 3 atom stereocenters. The molecule has 0 heterocycles. The van der Waals surface area contributed by atoms with Gasteiger partial charge in [0.05, 0.1) is 0 Å². The van der Waals surface area contributed by atoms with Gasteiger partial charge in [-0.25, -0.2) is 10.6 Å². The van der Waals surface area contributed by atoms with Crippen molar-refractivity contribution in [2.75, 3.05) is 11.5 Å². The van der Waals surface area contributed by atoms with Gasteiger partial charge in [0.15, 0.2) is 0 Å². The number of alkyl carbamates (subject to hydrolysis) is 1. The zero-order chi connectivity index (χ0) is 29.3. The second-order valence-electron chi connectivity index (χ2n) is 11.1. The Morgan fingerprint density at radius 2 is 1.50 bits per heavy atom. The van der Waals surface area contributed by atoms with E-state index in [1.54, 1.807) is 20.8 Å². The molecule has 0 rings (SSSR count). The SMILES string of the molecule is CC[C@H](C)C(NC(=O)OC(C)(C)C)C(=O)N[C@@H](CSC/C=C(\C)CC/C=C(\C)CCC=C(C)C)C(=O)NN. The normalized spacial score (nSPS) is 14.7. The van der Waals surface area contributed by atoms with E-state index in [2.05, 4.69) is 62.0 Å². The lowest BCUT2D eigenvalue weighted by atomic mass is 9.98. The van der Waals surface area contributed by atoms with Crippen molar-refractivity contribution in [1.29, 1.82) is 0 Å². The zero-order valence-corrected chi connectivity index (χ0v) is 25.8. The summed E-state index contributed by atoms with van der Waals surface area (Å²) in [4.78, 5) is 37.7. The van der Waals surface area contributed by atoms with E-state index < -0.39 is 35.6 Å². The molecule has 0 fully saturated rings. The summed E-state index contributed by atoms with van der Waals surface area (Å²) in [5.74, 6) is 5.34. The number of allylic oxidation sites excluding steroid dienone is 5. The number of thioether (sulfide) groups is 1. The molecule has 5 N–H and O–H groups in total. The third kappa shape index (κ3) is 17.3. The van der Waals surface area contributed by atoms with Gasteiger partial charge in [-0.3, -0.25) is 15.0 Å². The quantitative estimate of drug-likeness (QED) is 0.0654. The summed E-state index contributed by atoms with van der Waals surface area (Å²) < 4.78 is 5.31. The number of carbonyl (C=O) groups excluding carboxylic acids is 3. The van der Waals surface area contributed by atoms with E-state index in [1.165, 1.54) is 28.5 Å². The number of ether oxygens (including phenoxy) is 1. The maximum absolute atomic E-state index is 13.1. The molecule has 218 valence electrons. The van der Waals surface area contributed by atoms with Crippen LogP contribution in [0.4, 0.5) is 4.79 Å². The number of hydrogen-bond donors (Lipinski definition) is 4. The molecule has 0 radical (unpaired) electrons. The minimum Gasteiger partial charge on any atom is -0.444 e. The van der Waals surface area contributed by atoms with E-state index in [-0.39, 0.29) is 5.92 Å². The van der Waals surface area contributed by atoms with Gasteiger partial charge in [0.1, 0.15) is 17.7 Å². The second-order valence-corrected chi connectivity index (χ2v) is 12.2. The Balaban J connectivity index is 4.92. The predicted octanol–water partition coefficient (Wildman–Crippen LogP) is 5.55. The summed E-state index contributed by atoms with van der Waals surface area (Å²) >= 11 is 1.54. The van der Waals surface area contributed by atoms with Crippen molar-refractivity contribution in [2.45, 2.75) is 112 Å². The van der Waals surface area contributed by atoms with Crippen LogP contribution in [0.3, 0.4) is 0 Å². The molecule has 0 spiro atoms. The van der Waals surface area contributed by atoms with E-state index >= 15 is 0 Å². The minimum atomic E-state index is -0.839. The van der Waals surface area contributed by atoms with Crippen LogP contribution in [0.1, 0.15) is 94.4 Å². The lowest BCUT2D eigenvalue weighted by Crippen LogP contribution is -2.57. The number of carbonyl (C=O) groups is 3. The van der Waals surface area contributed by atoms with E-state index in [4.69, 9.17) is 10.6 Å². The topological polar surface area (TPSA) is 123 Å². The molecule has 1 unspecified atom stereocenters. The summed E-state index contributed by atoms with van der Waals surface area (Å²) in [6, 6.07) is -1.67. The number of hydrogen-bond acceptors (Lipinski definition) is 6. The molecule has 38 heavy (non-hydrogen) atoms. The zero-order valence-electron chi connectivity index (χ0n) is 25.0. The lowest BCUT2D eigenvalue weighted by molar-refractivity contribution is -0.130. The van der Waals surface area contributed by atoms with Crippen molar-refractivity contribution in [3.63, 3.8) is 0 Å². The first-order valence-electron chi connectivity index (χ1n) is 13.5. The van der Waals surface area contributed by atoms with Gasteiger partial charge >= 0.3 is 6.09 Å². The van der Waals surface area contributed by atoms with Crippen LogP contribution in [-0.2, 0) is 14.3 Å². The van der Waals surface area contributed by atoms with Gasteiger partial charge in [-0.2, -0.15) is 11.8 Å². The molecule has 0 aliphatic carbocycles. The molecule has 0 aromatic heterocycles. The Morgan fingerprint density at radius 1 is 0.921 bits per heavy atom. The third-order valence-corrected chi connectivity index (χ3v) is 6.87. The van der Waals surface area contributed by atoms with Crippen LogP contribution in [0.15, 0.2) is 34.9 Å². The van der Waals surface area contributed by atoms with Crippen LogP contribution in [0.2, 0.25) is 0 Å². The predicted molar refractivity (Wildman–Crippen MR) is 160 cm³/mol. The van der Waals surface area contributed by atoms with Gasteiger partial charge in [0.2, 0.25) is 5.91 Å². The number of amides is 3. The number of nitrogens with one attached hydrogen (secondary N) is 3. The van der Waals surface area contributed by atoms with E-state index in [0.717, 1.165) is 25.7 Å². The fourth-order valence-electron chi connectivity index (χ4n) is 3.41. The summed E-state index contributed by atoms with van der Waals surface area (Å²) in [5, 5.41) is 5.41.